The maximum atomic E-state index is 13.2. The van der Waals surface area contributed by atoms with E-state index in [4.69, 9.17) is 9.47 Å². The highest BCUT2D eigenvalue weighted by Crippen LogP contribution is 2.30. The fraction of sp³-hybridized carbons (Fsp3) is 0.0690. The van der Waals surface area contributed by atoms with Gasteiger partial charge >= 0.3 is 5.97 Å². The first-order valence-corrected chi connectivity index (χ1v) is 12.0. The Labute approximate surface area is 222 Å². The molecule has 2 N–H and O–H groups in total. The fourth-order valence-corrected chi connectivity index (χ4v) is 3.89. The van der Waals surface area contributed by atoms with Gasteiger partial charge in [-0.05, 0) is 59.2 Å². The molecule has 0 spiro atoms. The summed E-state index contributed by atoms with van der Waals surface area (Å²) in [7, 11) is 1.45. The number of methoxy groups -OCH3 is 1. The molecule has 4 aromatic carbocycles. The van der Waals surface area contributed by atoms with Crippen molar-refractivity contribution in [3.8, 4) is 11.5 Å². The van der Waals surface area contributed by atoms with Gasteiger partial charge < -0.3 is 14.6 Å². The number of aliphatic hydroxyl groups is 1. The molecular weight excluding hydrogens is 536 g/mol. The van der Waals surface area contributed by atoms with Gasteiger partial charge in [0.15, 0.2) is 17.1 Å². The van der Waals surface area contributed by atoms with Gasteiger partial charge in [0, 0.05) is 4.47 Å². The summed E-state index contributed by atoms with van der Waals surface area (Å²) in [5.41, 5.74) is 2.27. The highest BCUT2D eigenvalue weighted by atomic mass is 79.9. The molecule has 0 bridgehead atoms. The third-order valence-corrected chi connectivity index (χ3v) is 6.09. The molecule has 1 amide bonds. The Balaban J connectivity index is 1.50. The van der Waals surface area contributed by atoms with Gasteiger partial charge in [0.05, 0.1) is 18.9 Å². The Kier molecular flexibility index (Phi) is 8.12. The summed E-state index contributed by atoms with van der Waals surface area (Å²) < 4.78 is 11.7. The number of halogens is 1. The van der Waals surface area contributed by atoms with Gasteiger partial charge in [0.1, 0.15) is 0 Å². The smallest absolute Gasteiger partial charge is 0.343 e. The van der Waals surface area contributed by atoms with Crippen LogP contribution in [-0.2, 0) is 10.4 Å². The number of rotatable bonds is 8. The third-order valence-electron chi connectivity index (χ3n) is 5.56. The molecule has 0 atom stereocenters. The summed E-state index contributed by atoms with van der Waals surface area (Å²) in [6.07, 6.45) is 1.40. The average Bonchev–Trinajstić information content (AvgIpc) is 2.94. The van der Waals surface area contributed by atoms with Crippen molar-refractivity contribution < 1.29 is 24.2 Å². The van der Waals surface area contributed by atoms with E-state index < -0.39 is 17.5 Å². The minimum atomic E-state index is -1.94. The predicted octanol–water partition coefficient (Wildman–Crippen LogP) is 5.06. The van der Waals surface area contributed by atoms with Gasteiger partial charge in [-0.2, -0.15) is 5.10 Å². The Hall–Kier alpha value is -4.27. The van der Waals surface area contributed by atoms with Crippen molar-refractivity contribution in [3.05, 3.63) is 130 Å². The van der Waals surface area contributed by atoms with Crippen LogP contribution in [0.1, 0.15) is 27.0 Å². The molecule has 0 heterocycles. The zero-order valence-corrected chi connectivity index (χ0v) is 21.4. The SMILES string of the molecule is COc1cc(C=NNC(=O)C(O)(c2ccccc2)c2ccccc2)ccc1OC(=O)c1ccc(Br)cc1. The van der Waals surface area contributed by atoms with Crippen LogP contribution in [-0.4, -0.2) is 30.3 Å². The minimum Gasteiger partial charge on any atom is -0.493 e. The average molecular weight is 559 g/mol. The summed E-state index contributed by atoms with van der Waals surface area (Å²) >= 11 is 3.33. The molecule has 0 unspecified atom stereocenters. The van der Waals surface area contributed by atoms with Crippen LogP contribution in [0.25, 0.3) is 0 Å². The molecule has 4 rings (SSSR count). The minimum absolute atomic E-state index is 0.235. The molecule has 4 aromatic rings. The largest absolute Gasteiger partial charge is 0.493 e. The van der Waals surface area contributed by atoms with E-state index in [1.54, 1.807) is 103 Å². The van der Waals surface area contributed by atoms with Crippen molar-refractivity contribution in [2.45, 2.75) is 5.60 Å². The van der Waals surface area contributed by atoms with E-state index in [1.807, 2.05) is 0 Å². The zero-order chi connectivity index (χ0) is 26.3. The molecule has 8 heteroatoms. The van der Waals surface area contributed by atoms with Crippen LogP contribution < -0.4 is 14.9 Å². The number of ether oxygens (including phenoxy) is 2. The molecule has 0 saturated heterocycles. The van der Waals surface area contributed by atoms with Gasteiger partial charge in [-0.15, -0.1) is 0 Å². The monoisotopic (exact) mass is 558 g/mol. The van der Waals surface area contributed by atoms with Crippen LogP contribution in [0.15, 0.2) is 113 Å². The molecule has 37 heavy (non-hydrogen) atoms. The van der Waals surface area contributed by atoms with Crippen LogP contribution in [0.2, 0.25) is 0 Å². The first kappa shape index (κ1) is 25.8. The van der Waals surface area contributed by atoms with Crippen molar-refractivity contribution in [1.29, 1.82) is 0 Å². The number of carbonyl (C=O) groups excluding carboxylic acids is 2. The normalized spacial score (nSPS) is 11.2. The molecule has 0 aliphatic carbocycles. The zero-order valence-electron chi connectivity index (χ0n) is 19.8. The van der Waals surface area contributed by atoms with Crippen LogP contribution in [0.5, 0.6) is 11.5 Å². The predicted molar refractivity (Wildman–Crippen MR) is 144 cm³/mol. The Morgan fingerprint density at radius 2 is 1.46 bits per heavy atom. The lowest BCUT2D eigenvalue weighted by atomic mass is 9.85. The summed E-state index contributed by atoms with van der Waals surface area (Å²) in [4.78, 5) is 25.6. The molecule has 0 aliphatic rings. The molecule has 0 aliphatic heterocycles. The molecule has 0 radical (unpaired) electrons. The standard InChI is InChI=1S/C29H23BrN2O5/c1-36-26-18-20(12-17-25(26)37-27(33)21-13-15-24(30)16-14-21)19-31-32-28(34)29(35,22-8-4-2-5-9-22)23-10-6-3-7-11-23/h2-19,35H,1H3,(H,32,34). The maximum absolute atomic E-state index is 13.2. The quantitative estimate of drug-likeness (QED) is 0.136. The number of hydrogen-bond acceptors (Lipinski definition) is 6. The number of nitrogens with zero attached hydrogens (tertiary/aromatic N) is 1. The van der Waals surface area contributed by atoms with E-state index in [9.17, 15) is 14.7 Å². The van der Waals surface area contributed by atoms with Gasteiger partial charge in [0.2, 0.25) is 0 Å². The molecule has 0 aromatic heterocycles. The van der Waals surface area contributed by atoms with Gasteiger partial charge in [0.25, 0.3) is 5.91 Å². The van der Waals surface area contributed by atoms with Crippen LogP contribution >= 0.6 is 15.9 Å². The van der Waals surface area contributed by atoms with Gasteiger partial charge in [-0.25, -0.2) is 10.2 Å². The van der Waals surface area contributed by atoms with Crippen molar-refractivity contribution in [3.63, 3.8) is 0 Å². The summed E-state index contributed by atoms with van der Waals surface area (Å²) in [6, 6.07) is 28.9. The lowest BCUT2D eigenvalue weighted by Crippen LogP contribution is -2.43. The second kappa shape index (κ2) is 11.6. The Morgan fingerprint density at radius 3 is 2.03 bits per heavy atom. The lowest BCUT2D eigenvalue weighted by Gasteiger charge is -2.27. The van der Waals surface area contributed by atoms with Crippen molar-refractivity contribution in [2.75, 3.05) is 7.11 Å². The summed E-state index contributed by atoms with van der Waals surface area (Å²) in [5.74, 6) is -0.696. The number of esters is 1. The fourth-order valence-electron chi connectivity index (χ4n) is 3.63. The van der Waals surface area contributed by atoms with Crippen LogP contribution in [0, 0.1) is 0 Å². The number of hydrogen-bond donors (Lipinski definition) is 2. The molecule has 186 valence electrons. The van der Waals surface area contributed by atoms with Crippen molar-refractivity contribution in [2.24, 2.45) is 5.10 Å². The van der Waals surface area contributed by atoms with Crippen LogP contribution in [0.4, 0.5) is 0 Å². The number of hydrazone groups is 1. The lowest BCUT2D eigenvalue weighted by molar-refractivity contribution is -0.136. The van der Waals surface area contributed by atoms with E-state index >= 15 is 0 Å². The Bertz CT molecular complexity index is 1370. The van der Waals surface area contributed by atoms with E-state index in [1.165, 1.54) is 13.3 Å². The van der Waals surface area contributed by atoms with Gasteiger partial charge in [-0.1, -0.05) is 76.6 Å². The maximum Gasteiger partial charge on any atom is 0.343 e. The second-order valence-electron chi connectivity index (χ2n) is 7.95. The first-order chi connectivity index (χ1) is 17.9. The molecular formula is C29H23BrN2O5. The van der Waals surface area contributed by atoms with E-state index in [0.717, 1.165) is 4.47 Å². The van der Waals surface area contributed by atoms with Crippen LogP contribution in [0.3, 0.4) is 0 Å². The van der Waals surface area contributed by atoms with Crippen molar-refractivity contribution in [1.82, 2.24) is 5.43 Å². The van der Waals surface area contributed by atoms with Gasteiger partial charge in [-0.3, -0.25) is 4.79 Å². The number of benzene rings is 4. The molecule has 0 saturated carbocycles. The third kappa shape index (κ3) is 5.94. The topological polar surface area (TPSA) is 97.2 Å². The highest BCUT2D eigenvalue weighted by Gasteiger charge is 2.39. The molecule has 7 nitrogen and oxygen atoms in total. The van der Waals surface area contributed by atoms with E-state index in [-0.39, 0.29) is 5.75 Å². The number of carbonyl (C=O) groups is 2. The molecule has 0 fully saturated rings. The number of nitrogens with one attached hydrogen (secondary N) is 1. The summed E-state index contributed by atoms with van der Waals surface area (Å²) in [6.45, 7) is 0. The second-order valence-corrected chi connectivity index (χ2v) is 8.86. The van der Waals surface area contributed by atoms with E-state index in [0.29, 0.717) is 28.0 Å². The highest BCUT2D eigenvalue weighted by molar-refractivity contribution is 9.10. The Morgan fingerprint density at radius 1 is 0.865 bits per heavy atom. The first-order valence-electron chi connectivity index (χ1n) is 11.2. The summed E-state index contributed by atoms with van der Waals surface area (Å²) in [5, 5.41) is 15.5. The number of amides is 1. The van der Waals surface area contributed by atoms with E-state index in [2.05, 4.69) is 26.5 Å². The van der Waals surface area contributed by atoms with Crippen molar-refractivity contribution >= 4 is 34.0 Å².